The summed E-state index contributed by atoms with van der Waals surface area (Å²) in [6, 6.07) is 19.5. The molecule has 1 amide bonds. The maximum Gasteiger partial charge on any atom is 0.248 e. The first kappa shape index (κ1) is 21.8. The molecule has 2 aromatic rings. The van der Waals surface area contributed by atoms with Gasteiger partial charge in [0.25, 0.3) is 0 Å². The molecule has 0 spiro atoms. The minimum absolute atomic E-state index is 0. The molecule has 0 bridgehead atoms. The van der Waals surface area contributed by atoms with Gasteiger partial charge in [0, 0.05) is 5.75 Å². The van der Waals surface area contributed by atoms with E-state index in [2.05, 4.69) is 6.92 Å². The van der Waals surface area contributed by atoms with Crippen molar-refractivity contribution in [3.05, 3.63) is 83.1 Å². The zero-order valence-electron chi connectivity index (χ0n) is 16.0. The molecule has 2 aliphatic heterocycles. The molecule has 0 radical (unpaired) electrons. The van der Waals surface area contributed by atoms with Crippen LogP contribution in [0.3, 0.4) is 0 Å². The summed E-state index contributed by atoms with van der Waals surface area (Å²) in [6.07, 6.45) is 0.484. The largest absolute Gasteiger partial charge is 0.469 e. The van der Waals surface area contributed by atoms with Crippen LogP contribution in [0.2, 0.25) is 0 Å². The predicted octanol–water partition coefficient (Wildman–Crippen LogP) is 4.45. The Bertz CT molecular complexity index is 881. The second kappa shape index (κ2) is 9.30. The Kier molecular flexibility index (Phi) is 7.01. The van der Waals surface area contributed by atoms with Crippen LogP contribution in [0.4, 0.5) is 0 Å². The number of thioether (sulfide) groups is 1. The Hall–Kier alpha value is -1.86. The van der Waals surface area contributed by atoms with E-state index >= 15 is 0 Å². The van der Waals surface area contributed by atoms with Gasteiger partial charge in [-0.15, -0.1) is 24.2 Å². The number of nitrogens with zero attached hydrogens (tertiary/aromatic N) is 1. The highest BCUT2D eigenvalue weighted by atomic mass is 35.5. The van der Waals surface area contributed by atoms with Crippen molar-refractivity contribution in [2.75, 3.05) is 5.75 Å². The van der Waals surface area contributed by atoms with Crippen molar-refractivity contribution in [1.29, 1.82) is 0 Å². The molecule has 0 aromatic heterocycles. The van der Waals surface area contributed by atoms with Crippen molar-refractivity contribution >= 4 is 47.3 Å². The van der Waals surface area contributed by atoms with Gasteiger partial charge < -0.3 is 10.5 Å². The minimum Gasteiger partial charge on any atom is -0.469 e. The Morgan fingerprint density at radius 2 is 1.72 bits per heavy atom. The highest BCUT2D eigenvalue weighted by Crippen LogP contribution is 2.41. The highest BCUT2D eigenvalue weighted by Gasteiger charge is 2.51. The number of ether oxygens (including phenoxy) is 1. The fraction of sp³-hybridized carbons (Fsp3) is 0.273. The molecule has 0 saturated carbocycles. The zero-order chi connectivity index (χ0) is 19.7. The third kappa shape index (κ3) is 4.08. The van der Waals surface area contributed by atoms with E-state index in [1.54, 1.807) is 16.7 Å². The van der Waals surface area contributed by atoms with E-state index < -0.39 is 6.04 Å². The number of halogens is 1. The lowest BCUT2D eigenvalue weighted by Crippen LogP contribution is -2.68. The molecule has 4 rings (SSSR count). The van der Waals surface area contributed by atoms with Crippen molar-refractivity contribution in [1.82, 2.24) is 4.90 Å². The Morgan fingerprint density at radius 3 is 2.24 bits per heavy atom. The second-order valence-electron chi connectivity index (χ2n) is 6.85. The Labute approximate surface area is 186 Å². The number of benzene rings is 2. The third-order valence-electron chi connectivity index (χ3n) is 5.14. The molecule has 1 saturated heterocycles. The van der Waals surface area contributed by atoms with Crippen LogP contribution in [0.1, 0.15) is 30.6 Å². The minimum atomic E-state index is -0.458. The Morgan fingerprint density at radius 1 is 1.17 bits per heavy atom. The number of carbonyl (C=O) groups is 1. The molecule has 4 nitrogen and oxygen atoms in total. The smallest absolute Gasteiger partial charge is 0.248 e. The van der Waals surface area contributed by atoms with Crippen LogP contribution in [-0.4, -0.2) is 33.0 Å². The van der Waals surface area contributed by atoms with Crippen molar-refractivity contribution < 1.29 is 9.53 Å². The standard InChI is InChI=1S/C22H22N2O2S2.ClH/c1-2-14-13-28-21-17(23)20(25)24(21)18(14)22(27)26-19(15-9-5-3-6-10-15)16-11-7-4-8-12-16;/h3-12,17,19,21H,2,13,23H2,1H3;1H/t17?,21-;/m1./s1. The second-order valence-corrected chi connectivity index (χ2v) is 8.32. The van der Waals surface area contributed by atoms with Crippen molar-refractivity contribution in [2.24, 2.45) is 5.73 Å². The van der Waals surface area contributed by atoms with Crippen LogP contribution in [0.25, 0.3) is 0 Å². The fourth-order valence-corrected chi connectivity index (χ4v) is 5.32. The average Bonchev–Trinajstić information content (AvgIpc) is 2.76. The lowest BCUT2D eigenvalue weighted by molar-refractivity contribution is -0.140. The lowest BCUT2D eigenvalue weighted by atomic mass is 10.0. The van der Waals surface area contributed by atoms with E-state index in [0.717, 1.165) is 34.6 Å². The fourth-order valence-electron chi connectivity index (χ4n) is 3.59. The number of fused-ring (bicyclic) bond motifs is 1. The highest BCUT2D eigenvalue weighted by molar-refractivity contribution is 8.00. The zero-order valence-corrected chi connectivity index (χ0v) is 18.4. The number of β-lactam (4-membered cyclic amide) rings is 1. The van der Waals surface area contributed by atoms with Crippen LogP contribution in [0.15, 0.2) is 71.9 Å². The normalized spacial score (nSPS) is 20.7. The molecule has 152 valence electrons. The number of carbonyl (C=O) groups excluding carboxylic acids is 1. The predicted molar refractivity (Wildman–Crippen MR) is 124 cm³/mol. The maximum atomic E-state index is 12.4. The van der Waals surface area contributed by atoms with E-state index in [-0.39, 0.29) is 29.8 Å². The lowest BCUT2D eigenvalue weighted by Gasteiger charge is -2.49. The molecule has 29 heavy (non-hydrogen) atoms. The van der Waals surface area contributed by atoms with Gasteiger partial charge in [0.05, 0.1) is 5.70 Å². The van der Waals surface area contributed by atoms with Gasteiger partial charge in [-0.05, 0) is 35.3 Å². The topological polar surface area (TPSA) is 55.6 Å². The average molecular weight is 447 g/mol. The van der Waals surface area contributed by atoms with E-state index in [1.165, 1.54) is 0 Å². The van der Waals surface area contributed by atoms with E-state index in [9.17, 15) is 4.79 Å². The number of nitrogens with two attached hydrogens (primary N) is 1. The van der Waals surface area contributed by atoms with Gasteiger partial charge in [-0.2, -0.15) is 0 Å². The van der Waals surface area contributed by atoms with E-state index in [1.807, 2.05) is 60.7 Å². The van der Waals surface area contributed by atoms with Crippen molar-refractivity contribution in [3.63, 3.8) is 0 Å². The van der Waals surface area contributed by atoms with Gasteiger partial charge >= 0.3 is 0 Å². The SMILES string of the molecule is CCC1=C(C(=S)OC(c2ccccc2)c2ccccc2)N2C(=O)C(N)[C@H]2SC1.Cl. The van der Waals surface area contributed by atoms with Crippen LogP contribution in [-0.2, 0) is 9.53 Å². The van der Waals surface area contributed by atoms with Gasteiger partial charge in [0.1, 0.15) is 17.5 Å². The molecule has 0 aliphatic carbocycles. The molecule has 1 unspecified atom stereocenters. The van der Waals surface area contributed by atoms with Gasteiger partial charge in [-0.25, -0.2) is 0 Å². The molecular formula is C22H23ClN2O2S2. The van der Waals surface area contributed by atoms with Gasteiger partial charge in [-0.3, -0.25) is 9.69 Å². The van der Waals surface area contributed by atoms with Crippen LogP contribution in [0.5, 0.6) is 0 Å². The number of hydrogen-bond acceptors (Lipinski definition) is 5. The van der Waals surface area contributed by atoms with Crippen LogP contribution >= 0.6 is 36.4 Å². The van der Waals surface area contributed by atoms with Crippen LogP contribution in [0, 0.1) is 0 Å². The summed E-state index contributed by atoms with van der Waals surface area (Å²) in [5, 5.41) is 0.311. The summed E-state index contributed by atoms with van der Waals surface area (Å²) < 4.78 is 6.36. The first-order valence-electron chi connectivity index (χ1n) is 9.35. The maximum absolute atomic E-state index is 12.4. The third-order valence-corrected chi connectivity index (χ3v) is 6.79. The number of amides is 1. The van der Waals surface area contributed by atoms with Crippen molar-refractivity contribution in [3.8, 4) is 0 Å². The first-order chi connectivity index (χ1) is 13.6. The monoisotopic (exact) mass is 446 g/mol. The molecule has 2 atom stereocenters. The van der Waals surface area contributed by atoms with Gasteiger partial charge in [0.2, 0.25) is 11.0 Å². The molecule has 2 heterocycles. The van der Waals surface area contributed by atoms with E-state index in [0.29, 0.717) is 5.05 Å². The summed E-state index contributed by atoms with van der Waals surface area (Å²) in [4.78, 5) is 14.2. The summed E-state index contributed by atoms with van der Waals surface area (Å²) >= 11 is 7.42. The number of rotatable bonds is 5. The summed E-state index contributed by atoms with van der Waals surface area (Å²) in [5.41, 5.74) is 9.90. The van der Waals surface area contributed by atoms with Gasteiger partial charge in [-0.1, -0.05) is 67.6 Å². The summed E-state index contributed by atoms with van der Waals surface area (Å²) in [6.45, 7) is 2.08. The molecule has 2 aromatic carbocycles. The summed E-state index contributed by atoms with van der Waals surface area (Å²) in [7, 11) is 0. The Balaban J connectivity index is 0.00000240. The molecule has 2 aliphatic rings. The van der Waals surface area contributed by atoms with E-state index in [4.69, 9.17) is 22.7 Å². The molecular weight excluding hydrogens is 424 g/mol. The van der Waals surface area contributed by atoms with Crippen LogP contribution < -0.4 is 5.73 Å². The van der Waals surface area contributed by atoms with Crippen molar-refractivity contribution in [2.45, 2.75) is 30.9 Å². The molecule has 7 heteroatoms. The van der Waals surface area contributed by atoms with Gasteiger partial charge in [0.15, 0.2) is 0 Å². The number of thiocarbonyl (C=S) groups is 1. The molecule has 1 fully saturated rings. The first-order valence-corrected chi connectivity index (χ1v) is 10.8. The summed E-state index contributed by atoms with van der Waals surface area (Å²) in [5.74, 6) is 0.735. The quantitative estimate of drug-likeness (QED) is 0.543. The number of hydrogen-bond donors (Lipinski definition) is 1. The molecule has 2 N–H and O–H groups in total.